The largest absolute Gasteiger partial charge is 0.401 e. The zero-order valence-corrected chi connectivity index (χ0v) is 9.76. The van der Waals surface area contributed by atoms with Crippen molar-refractivity contribution in [2.24, 2.45) is 5.73 Å². The molecule has 0 aliphatic carbocycles. The molecule has 3 atom stereocenters. The van der Waals surface area contributed by atoms with Gasteiger partial charge in [-0.1, -0.05) is 0 Å². The Balaban J connectivity index is 0.000000325. The topological polar surface area (TPSA) is 108 Å². The van der Waals surface area contributed by atoms with Gasteiger partial charge < -0.3 is 31.1 Å². The highest BCUT2D eigenvalue weighted by atomic mass is 16.5. The van der Waals surface area contributed by atoms with Crippen LogP contribution in [0.15, 0.2) is 11.9 Å². The molecule has 16 heavy (non-hydrogen) atoms. The van der Waals surface area contributed by atoms with Crippen LogP contribution in [-0.2, 0) is 4.74 Å². The molecular formula is C10H22N2O4. The summed E-state index contributed by atoms with van der Waals surface area (Å²) in [6, 6.07) is 0. The van der Waals surface area contributed by atoms with Crippen LogP contribution in [-0.4, -0.2) is 53.9 Å². The molecule has 0 radical (unpaired) electrons. The minimum atomic E-state index is -0.932. The second kappa shape index (κ2) is 8.35. The van der Waals surface area contributed by atoms with Gasteiger partial charge in [0.05, 0.1) is 12.7 Å². The van der Waals surface area contributed by atoms with Gasteiger partial charge in [-0.05, 0) is 13.3 Å². The van der Waals surface area contributed by atoms with Crippen molar-refractivity contribution in [2.75, 3.05) is 20.3 Å². The van der Waals surface area contributed by atoms with E-state index in [0.717, 1.165) is 5.70 Å². The fraction of sp³-hybridized carbons (Fsp3) is 0.800. The zero-order chi connectivity index (χ0) is 12.6. The Hall–Kier alpha value is -0.820. The molecule has 1 rings (SSSR count). The van der Waals surface area contributed by atoms with Crippen LogP contribution < -0.4 is 11.1 Å². The quantitative estimate of drug-likeness (QED) is 0.398. The van der Waals surface area contributed by atoms with Crippen LogP contribution in [0.5, 0.6) is 0 Å². The van der Waals surface area contributed by atoms with Crippen molar-refractivity contribution < 1.29 is 20.1 Å². The zero-order valence-electron chi connectivity index (χ0n) is 9.76. The highest BCUT2D eigenvalue weighted by Crippen LogP contribution is 2.13. The predicted octanol–water partition coefficient (Wildman–Crippen LogP) is -1.48. The summed E-state index contributed by atoms with van der Waals surface area (Å²) in [6.07, 6.45) is -0.106. The number of aliphatic hydroxyl groups is 3. The highest BCUT2D eigenvalue weighted by Gasteiger charge is 2.30. The number of nitrogens with two attached hydrogens (primary N) is 1. The van der Waals surface area contributed by atoms with E-state index in [1.165, 1.54) is 0 Å². The van der Waals surface area contributed by atoms with Crippen molar-refractivity contribution in [3.63, 3.8) is 0 Å². The van der Waals surface area contributed by atoms with Gasteiger partial charge in [0, 0.05) is 25.6 Å². The van der Waals surface area contributed by atoms with Crippen LogP contribution >= 0.6 is 0 Å². The number of hydrogen-bond donors (Lipinski definition) is 5. The molecule has 6 nitrogen and oxygen atoms in total. The van der Waals surface area contributed by atoms with Gasteiger partial charge in [-0.25, -0.2) is 0 Å². The third kappa shape index (κ3) is 5.92. The summed E-state index contributed by atoms with van der Waals surface area (Å²) < 4.78 is 4.95. The minimum absolute atomic E-state index is 0.238. The molecule has 0 amide bonds. The Labute approximate surface area is 95.7 Å². The van der Waals surface area contributed by atoms with Crippen molar-refractivity contribution in [1.82, 2.24) is 5.32 Å². The summed E-state index contributed by atoms with van der Waals surface area (Å²) in [5.74, 6) is 0. The monoisotopic (exact) mass is 234 g/mol. The van der Waals surface area contributed by atoms with Crippen molar-refractivity contribution in [2.45, 2.75) is 31.7 Å². The number of ether oxygens (including phenoxy) is 1. The molecule has 1 saturated heterocycles. The normalized spacial score (nSPS) is 30.3. The van der Waals surface area contributed by atoms with E-state index in [1.807, 2.05) is 14.0 Å². The van der Waals surface area contributed by atoms with Crippen molar-refractivity contribution >= 4 is 0 Å². The Bertz CT molecular complexity index is 207. The molecule has 6 heteroatoms. The fourth-order valence-electron chi connectivity index (χ4n) is 1.25. The van der Waals surface area contributed by atoms with Crippen LogP contribution in [0.1, 0.15) is 13.3 Å². The molecule has 0 spiro atoms. The standard InChI is InChI=1S/C6H12O4.C4H10N2/c7-3-5-6(9)4(8)1-2-10-5;1-4(5)3-6-2/h4-9H,1-3H2;3,6H,5H2,1-2H3/b;4-3-. The predicted molar refractivity (Wildman–Crippen MR) is 60.5 cm³/mol. The second-order valence-corrected chi connectivity index (χ2v) is 3.62. The summed E-state index contributed by atoms with van der Waals surface area (Å²) in [7, 11) is 1.82. The first-order valence-corrected chi connectivity index (χ1v) is 5.21. The lowest BCUT2D eigenvalue weighted by atomic mass is 10.0. The number of hydrogen-bond acceptors (Lipinski definition) is 6. The third-order valence-electron chi connectivity index (χ3n) is 2.07. The minimum Gasteiger partial charge on any atom is -0.401 e. The van der Waals surface area contributed by atoms with E-state index < -0.39 is 18.3 Å². The summed E-state index contributed by atoms with van der Waals surface area (Å²) >= 11 is 0. The average Bonchev–Trinajstić information content (AvgIpc) is 2.23. The van der Waals surface area contributed by atoms with Crippen molar-refractivity contribution in [3.05, 3.63) is 11.9 Å². The van der Waals surface area contributed by atoms with Gasteiger partial charge in [0.25, 0.3) is 0 Å². The number of aliphatic hydroxyl groups excluding tert-OH is 3. The van der Waals surface area contributed by atoms with E-state index in [1.54, 1.807) is 6.20 Å². The Morgan fingerprint density at radius 3 is 2.50 bits per heavy atom. The summed E-state index contributed by atoms with van der Waals surface area (Å²) in [6.45, 7) is 2.00. The molecule has 1 fully saturated rings. The van der Waals surface area contributed by atoms with E-state index in [2.05, 4.69) is 5.32 Å². The Morgan fingerprint density at radius 1 is 1.56 bits per heavy atom. The van der Waals surface area contributed by atoms with E-state index in [4.69, 9.17) is 25.8 Å². The second-order valence-electron chi connectivity index (χ2n) is 3.62. The molecule has 3 unspecified atom stereocenters. The maximum absolute atomic E-state index is 9.10. The lowest BCUT2D eigenvalue weighted by molar-refractivity contribution is -0.147. The van der Waals surface area contributed by atoms with Gasteiger partial charge in [0.2, 0.25) is 0 Å². The van der Waals surface area contributed by atoms with Crippen LogP contribution in [0.25, 0.3) is 0 Å². The van der Waals surface area contributed by atoms with E-state index in [-0.39, 0.29) is 6.61 Å². The van der Waals surface area contributed by atoms with Crippen LogP contribution in [0, 0.1) is 0 Å². The number of nitrogens with one attached hydrogen (secondary N) is 1. The molecular weight excluding hydrogens is 212 g/mol. The van der Waals surface area contributed by atoms with Crippen LogP contribution in [0.3, 0.4) is 0 Å². The maximum atomic E-state index is 9.10. The first kappa shape index (κ1) is 15.2. The van der Waals surface area contributed by atoms with Gasteiger partial charge >= 0.3 is 0 Å². The van der Waals surface area contributed by atoms with E-state index in [9.17, 15) is 0 Å². The first-order valence-electron chi connectivity index (χ1n) is 5.21. The lowest BCUT2D eigenvalue weighted by Gasteiger charge is -2.30. The Kier molecular flexibility index (Phi) is 7.92. The molecule has 6 N–H and O–H groups in total. The first-order chi connectivity index (χ1) is 7.52. The third-order valence-corrected chi connectivity index (χ3v) is 2.07. The SMILES string of the molecule is CN/C=C(/C)N.OCC1OCCC(O)C1O. The van der Waals surface area contributed by atoms with E-state index in [0.29, 0.717) is 13.0 Å². The van der Waals surface area contributed by atoms with Crippen molar-refractivity contribution in [3.8, 4) is 0 Å². The van der Waals surface area contributed by atoms with Crippen molar-refractivity contribution in [1.29, 1.82) is 0 Å². The number of allylic oxidation sites excluding steroid dienone is 1. The molecule has 0 aromatic rings. The summed E-state index contributed by atoms with van der Waals surface area (Å²) in [4.78, 5) is 0. The highest BCUT2D eigenvalue weighted by molar-refractivity contribution is 4.87. The lowest BCUT2D eigenvalue weighted by Crippen LogP contribution is -2.46. The molecule has 1 aliphatic rings. The molecule has 0 aromatic carbocycles. The van der Waals surface area contributed by atoms with Gasteiger partial charge in [0.1, 0.15) is 12.2 Å². The average molecular weight is 234 g/mol. The van der Waals surface area contributed by atoms with Gasteiger partial charge in [-0.15, -0.1) is 0 Å². The van der Waals surface area contributed by atoms with E-state index >= 15 is 0 Å². The molecule has 0 saturated carbocycles. The maximum Gasteiger partial charge on any atom is 0.109 e. The Morgan fingerprint density at radius 2 is 2.19 bits per heavy atom. The van der Waals surface area contributed by atoms with Gasteiger partial charge in [-0.2, -0.15) is 0 Å². The molecule has 1 aliphatic heterocycles. The molecule has 0 aromatic heterocycles. The smallest absolute Gasteiger partial charge is 0.109 e. The van der Waals surface area contributed by atoms with Crippen LogP contribution in [0.2, 0.25) is 0 Å². The van der Waals surface area contributed by atoms with Crippen LogP contribution in [0.4, 0.5) is 0 Å². The molecule has 1 heterocycles. The summed E-state index contributed by atoms with van der Waals surface area (Å²) in [5, 5.41) is 29.5. The molecule has 96 valence electrons. The molecule has 0 bridgehead atoms. The number of rotatable bonds is 2. The van der Waals surface area contributed by atoms with Gasteiger partial charge in [-0.3, -0.25) is 0 Å². The summed E-state index contributed by atoms with van der Waals surface area (Å²) in [5.41, 5.74) is 6.00. The van der Waals surface area contributed by atoms with Gasteiger partial charge in [0.15, 0.2) is 0 Å². The fourth-order valence-corrected chi connectivity index (χ4v) is 1.25.